The van der Waals surface area contributed by atoms with E-state index >= 15 is 0 Å². The highest BCUT2D eigenvalue weighted by molar-refractivity contribution is 7.99. The molecule has 0 aromatic heterocycles. The Hall–Kier alpha value is -0.910. The van der Waals surface area contributed by atoms with E-state index in [1.165, 1.54) is 12.8 Å². The average molecular weight is 274 g/mol. The summed E-state index contributed by atoms with van der Waals surface area (Å²) in [5.41, 5.74) is 0. The quantitative estimate of drug-likeness (QED) is 0.713. The Morgan fingerprint density at radius 2 is 2.11 bits per heavy atom. The Balaban J connectivity index is 2.29. The maximum Gasteiger partial charge on any atom is 0.326 e. The van der Waals surface area contributed by atoms with E-state index in [2.05, 4.69) is 10.6 Å². The monoisotopic (exact) mass is 274 g/mol. The van der Waals surface area contributed by atoms with Crippen LogP contribution in [0, 0.1) is 5.92 Å². The zero-order valence-corrected chi connectivity index (χ0v) is 11.8. The van der Waals surface area contributed by atoms with Gasteiger partial charge < -0.3 is 15.7 Å². The number of hydrogen-bond acceptors (Lipinski definition) is 3. The number of urea groups is 1. The summed E-state index contributed by atoms with van der Waals surface area (Å²) in [6.45, 7) is 4.16. The number of aliphatic carboxylic acids is 1. The minimum Gasteiger partial charge on any atom is -0.480 e. The fourth-order valence-electron chi connectivity index (χ4n) is 1.88. The van der Waals surface area contributed by atoms with Crippen molar-refractivity contribution < 1.29 is 14.7 Å². The van der Waals surface area contributed by atoms with Crippen molar-refractivity contribution in [3.05, 3.63) is 0 Å². The molecule has 2 atom stereocenters. The summed E-state index contributed by atoms with van der Waals surface area (Å²) in [5.74, 6) is 0.0297. The van der Waals surface area contributed by atoms with E-state index in [4.69, 9.17) is 5.11 Å². The van der Waals surface area contributed by atoms with Gasteiger partial charge in [0.15, 0.2) is 0 Å². The summed E-state index contributed by atoms with van der Waals surface area (Å²) in [6, 6.07) is -1.22. The van der Waals surface area contributed by atoms with Crippen molar-refractivity contribution in [2.24, 2.45) is 5.92 Å². The fraction of sp³-hybridized carbons (Fsp3) is 0.833. The normalized spacial score (nSPS) is 21.4. The van der Waals surface area contributed by atoms with Gasteiger partial charge in [-0.1, -0.05) is 20.3 Å². The molecule has 1 saturated heterocycles. The second-order valence-corrected chi connectivity index (χ2v) is 6.31. The summed E-state index contributed by atoms with van der Waals surface area (Å²) in [4.78, 5) is 22.5. The van der Waals surface area contributed by atoms with Crippen LogP contribution < -0.4 is 10.6 Å². The number of carbonyl (C=O) groups is 2. The number of rotatable bonds is 5. The molecule has 104 valence electrons. The maximum absolute atomic E-state index is 11.6. The van der Waals surface area contributed by atoms with Crippen molar-refractivity contribution in [3.8, 4) is 0 Å². The molecule has 0 spiro atoms. The van der Waals surface area contributed by atoms with Gasteiger partial charge in [0.05, 0.1) is 0 Å². The summed E-state index contributed by atoms with van der Waals surface area (Å²) in [6.07, 6.45) is 3.59. The Bertz CT molecular complexity index is 291. The Morgan fingerprint density at radius 3 is 2.61 bits per heavy atom. The minimum absolute atomic E-state index is 0.127. The average Bonchev–Trinajstić information content (AvgIpc) is 2.34. The number of nitrogens with one attached hydrogen (secondary N) is 2. The zero-order chi connectivity index (χ0) is 13.5. The van der Waals surface area contributed by atoms with Crippen molar-refractivity contribution >= 4 is 23.8 Å². The molecule has 3 N–H and O–H groups in total. The van der Waals surface area contributed by atoms with Gasteiger partial charge in [-0.05, 0) is 24.5 Å². The summed E-state index contributed by atoms with van der Waals surface area (Å²) in [5, 5.41) is 14.7. The van der Waals surface area contributed by atoms with Crippen LogP contribution in [-0.4, -0.2) is 40.7 Å². The lowest BCUT2D eigenvalue weighted by Gasteiger charge is -2.23. The molecule has 1 aliphatic heterocycles. The van der Waals surface area contributed by atoms with E-state index in [1.54, 1.807) is 13.8 Å². The van der Waals surface area contributed by atoms with Gasteiger partial charge in [0, 0.05) is 11.8 Å². The van der Waals surface area contributed by atoms with E-state index in [1.807, 2.05) is 11.8 Å². The minimum atomic E-state index is -0.993. The third-order valence-corrected chi connectivity index (χ3v) is 4.38. The van der Waals surface area contributed by atoms with E-state index < -0.39 is 12.0 Å². The number of carboxylic acids is 1. The molecule has 5 nitrogen and oxygen atoms in total. The smallest absolute Gasteiger partial charge is 0.326 e. The topological polar surface area (TPSA) is 78.4 Å². The van der Waals surface area contributed by atoms with Crippen LogP contribution in [0.25, 0.3) is 0 Å². The Morgan fingerprint density at radius 1 is 1.39 bits per heavy atom. The first-order chi connectivity index (χ1) is 8.50. The second kappa shape index (κ2) is 7.51. The largest absolute Gasteiger partial charge is 0.480 e. The van der Waals surface area contributed by atoms with Crippen molar-refractivity contribution in [2.45, 2.75) is 44.4 Å². The molecule has 0 saturated carbocycles. The first-order valence-electron chi connectivity index (χ1n) is 6.39. The van der Waals surface area contributed by atoms with E-state index in [9.17, 15) is 9.59 Å². The lowest BCUT2D eigenvalue weighted by Crippen LogP contribution is -2.49. The SMILES string of the molecule is CC(C)C(NC(=O)NCC1CCCCS1)C(=O)O. The molecular formula is C12H22N2O3S. The van der Waals surface area contributed by atoms with Gasteiger partial charge in [0.25, 0.3) is 0 Å². The predicted molar refractivity (Wildman–Crippen MR) is 72.9 cm³/mol. The van der Waals surface area contributed by atoms with Crippen molar-refractivity contribution in [1.82, 2.24) is 10.6 Å². The molecule has 0 bridgehead atoms. The van der Waals surface area contributed by atoms with Gasteiger partial charge in [0.1, 0.15) is 6.04 Å². The maximum atomic E-state index is 11.6. The van der Waals surface area contributed by atoms with Crippen molar-refractivity contribution in [2.75, 3.05) is 12.3 Å². The molecule has 6 heteroatoms. The summed E-state index contributed by atoms with van der Waals surface area (Å²) in [7, 11) is 0. The van der Waals surface area contributed by atoms with Crippen LogP contribution in [0.2, 0.25) is 0 Å². The highest BCUT2D eigenvalue weighted by atomic mass is 32.2. The first kappa shape index (κ1) is 15.1. The van der Waals surface area contributed by atoms with Crippen LogP contribution >= 0.6 is 11.8 Å². The molecule has 18 heavy (non-hydrogen) atoms. The molecule has 0 aromatic carbocycles. The molecule has 0 aliphatic carbocycles. The van der Waals surface area contributed by atoms with Crippen LogP contribution in [-0.2, 0) is 4.79 Å². The predicted octanol–water partition coefficient (Wildman–Crippen LogP) is 1.68. The lowest BCUT2D eigenvalue weighted by molar-refractivity contribution is -0.140. The molecule has 1 rings (SSSR count). The van der Waals surface area contributed by atoms with Crippen LogP contribution in [0.1, 0.15) is 33.1 Å². The molecule has 1 aliphatic rings. The van der Waals surface area contributed by atoms with Crippen molar-refractivity contribution in [3.63, 3.8) is 0 Å². The second-order valence-electron chi connectivity index (χ2n) is 4.90. The van der Waals surface area contributed by atoms with Crippen LogP contribution in [0.15, 0.2) is 0 Å². The summed E-state index contributed by atoms with van der Waals surface area (Å²) >= 11 is 1.88. The molecule has 1 fully saturated rings. The van der Waals surface area contributed by atoms with E-state index in [0.717, 1.165) is 12.2 Å². The van der Waals surface area contributed by atoms with Crippen LogP contribution in [0.4, 0.5) is 4.79 Å². The fourth-order valence-corrected chi connectivity index (χ4v) is 3.12. The van der Waals surface area contributed by atoms with Crippen molar-refractivity contribution in [1.29, 1.82) is 0 Å². The highest BCUT2D eigenvalue weighted by Crippen LogP contribution is 2.24. The van der Waals surface area contributed by atoms with Gasteiger partial charge >= 0.3 is 12.0 Å². The number of hydrogen-bond donors (Lipinski definition) is 3. The third kappa shape index (κ3) is 5.16. The van der Waals surface area contributed by atoms with E-state index in [0.29, 0.717) is 11.8 Å². The first-order valence-corrected chi connectivity index (χ1v) is 7.44. The third-order valence-electron chi connectivity index (χ3n) is 2.98. The molecule has 1 heterocycles. The number of carboxylic acid groups (broad SMARTS) is 1. The van der Waals surface area contributed by atoms with Gasteiger partial charge in [-0.15, -0.1) is 0 Å². The van der Waals surface area contributed by atoms with Crippen LogP contribution in [0.5, 0.6) is 0 Å². The number of thioether (sulfide) groups is 1. The molecule has 0 aromatic rings. The zero-order valence-electron chi connectivity index (χ0n) is 10.9. The summed E-state index contributed by atoms with van der Waals surface area (Å²) < 4.78 is 0. The Kier molecular flexibility index (Phi) is 6.32. The molecule has 2 amide bonds. The molecule has 0 radical (unpaired) electrons. The Labute approximate surface area is 112 Å². The van der Waals surface area contributed by atoms with Gasteiger partial charge in [-0.25, -0.2) is 9.59 Å². The number of amides is 2. The molecule has 2 unspecified atom stereocenters. The number of carbonyl (C=O) groups excluding carboxylic acids is 1. The van der Waals surface area contributed by atoms with E-state index in [-0.39, 0.29) is 11.9 Å². The van der Waals surface area contributed by atoms with Gasteiger partial charge in [0.2, 0.25) is 0 Å². The van der Waals surface area contributed by atoms with Gasteiger partial charge in [-0.3, -0.25) is 0 Å². The highest BCUT2D eigenvalue weighted by Gasteiger charge is 2.23. The standard InChI is InChI=1S/C12H22N2O3S/c1-8(2)10(11(15)16)14-12(17)13-7-9-5-3-4-6-18-9/h8-10H,3-7H2,1-2H3,(H,15,16)(H2,13,14,17). The van der Waals surface area contributed by atoms with Crippen LogP contribution in [0.3, 0.4) is 0 Å². The molecular weight excluding hydrogens is 252 g/mol. The lowest BCUT2D eigenvalue weighted by atomic mass is 10.1. The van der Waals surface area contributed by atoms with Gasteiger partial charge in [-0.2, -0.15) is 11.8 Å².